The molecule has 1 atom stereocenters. The first kappa shape index (κ1) is 12.7. The van der Waals surface area contributed by atoms with E-state index in [-0.39, 0.29) is 16.7 Å². The molecule has 1 heterocycles. The van der Waals surface area contributed by atoms with Gasteiger partial charge < -0.3 is 5.32 Å². The standard InChI is InChI=1S/C14H16N4O2/c1-17-14-4-2-3-13(12(14)9-15-17)16-10-5-7-11(8-6-10)18(19)20/h5-9,13,16H,2-4H2,1H3. The number of benzene rings is 1. The van der Waals surface area contributed by atoms with E-state index in [0.717, 1.165) is 24.9 Å². The number of rotatable bonds is 3. The summed E-state index contributed by atoms with van der Waals surface area (Å²) in [6.07, 6.45) is 5.15. The van der Waals surface area contributed by atoms with Gasteiger partial charge in [-0.3, -0.25) is 14.8 Å². The maximum Gasteiger partial charge on any atom is 0.269 e. The van der Waals surface area contributed by atoms with Gasteiger partial charge in [0, 0.05) is 36.1 Å². The zero-order valence-corrected chi connectivity index (χ0v) is 11.2. The zero-order chi connectivity index (χ0) is 14.1. The lowest BCUT2D eigenvalue weighted by atomic mass is 9.93. The molecule has 0 spiro atoms. The second-order valence-electron chi connectivity index (χ2n) is 5.06. The van der Waals surface area contributed by atoms with Crippen molar-refractivity contribution in [1.29, 1.82) is 0 Å². The molecule has 0 radical (unpaired) electrons. The minimum atomic E-state index is -0.385. The summed E-state index contributed by atoms with van der Waals surface area (Å²) in [7, 11) is 1.97. The zero-order valence-electron chi connectivity index (χ0n) is 11.2. The number of hydrogen-bond donors (Lipinski definition) is 1. The fourth-order valence-electron chi connectivity index (χ4n) is 2.74. The molecule has 2 aromatic rings. The quantitative estimate of drug-likeness (QED) is 0.688. The molecule has 1 aliphatic carbocycles. The summed E-state index contributed by atoms with van der Waals surface area (Å²) in [5.41, 5.74) is 3.52. The molecule has 0 aliphatic heterocycles. The molecule has 1 aromatic heterocycles. The molecule has 6 nitrogen and oxygen atoms in total. The van der Waals surface area contributed by atoms with Gasteiger partial charge in [0.2, 0.25) is 0 Å². The number of non-ortho nitro benzene ring substituents is 1. The van der Waals surface area contributed by atoms with Crippen molar-refractivity contribution in [3.05, 3.63) is 51.8 Å². The van der Waals surface area contributed by atoms with Crippen LogP contribution in [-0.2, 0) is 13.5 Å². The van der Waals surface area contributed by atoms with E-state index in [1.165, 1.54) is 23.4 Å². The Hall–Kier alpha value is -2.37. The summed E-state index contributed by atoms with van der Waals surface area (Å²) < 4.78 is 1.93. The van der Waals surface area contributed by atoms with Gasteiger partial charge in [0.15, 0.2) is 0 Å². The van der Waals surface area contributed by atoms with Crippen LogP contribution < -0.4 is 5.32 Å². The number of fused-ring (bicyclic) bond motifs is 1. The van der Waals surface area contributed by atoms with Crippen molar-refractivity contribution in [3.63, 3.8) is 0 Å². The number of anilines is 1. The highest BCUT2D eigenvalue weighted by atomic mass is 16.6. The van der Waals surface area contributed by atoms with Gasteiger partial charge in [-0.15, -0.1) is 0 Å². The van der Waals surface area contributed by atoms with Crippen LogP contribution in [0.25, 0.3) is 0 Å². The Morgan fingerprint density at radius 3 is 2.85 bits per heavy atom. The summed E-state index contributed by atoms with van der Waals surface area (Å²) in [5.74, 6) is 0. The van der Waals surface area contributed by atoms with Crippen molar-refractivity contribution in [2.75, 3.05) is 5.32 Å². The monoisotopic (exact) mass is 272 g/mol. The van der Waals surface area contributed by atoms with E-state index in [9.17, 15) is 10.1 Å². The van der Waals surface area contributed by atoms with Crippen LogP contribution in [0.5, 0.6) is 0 Å². The summed E-state index contributed by atoms with van der Waals surface area (Å²) in [5, 5.41) is 18.4. The molecule has 104 valence electrons. The highest BCUT2D eigenvalue weighted by Gasteiger charge is 2.23. The highest BCUT2D eigenvalue weighted by molar-refractivity contribution is 5.50. The first-order chi connectivity index (χ1) is 9.65. The Labute approximate surface area is 116 Å². The summed E-state index contributed by atoms with van der Waals surface area (Å²) in [6, 6.07) is 6.78. The first-order valence-corrected chi connectivity index (χ1v) is 6.67. The van der Waals surface area contributed by atoms with E-state index in [1.807, 2.05) is 17.9 Å². The van der Waals surface area contributed by atoms with Crippen molar-refractivity contribution in [3.8, 4) is 0 Å². The number of nitrogens with zero attached hydrogens (tertiary/aromatic N) is 3. The average Bonchev–Trinajstić information content (AvgIpc) is 2.82. The van der Waals surface area contributed by atoms with Crippen molar-refractivity contribution in [2.45, 2.75) is 25.3 Å². The van der Waals surface area contributed by atoms with Crippen molar-refractivity contribution in [1.82, 2.24) is 9.78 Å². The largest absolute Gasteiger partial charge is 0.378 e. The van der Waals surface area contributed by atoms with Gasteiger partial charge in [-0.05, 0) is 31.4 Å². The fourth-order valence-corrected chi connectivity index (χ4v) is 2.74. The molecular formula is C14H16N4O2. The second-order valence-corrected chi connectivity index (χ2v) is 5.06. The van der Waals surface area contributed by atoms with Gasteiger partial charge in [0.05, 0.1) is 17.2 Å². The molecule has 1 unspecified atom stereocenters. The minimum absolute atomic E-state index is 0.112. The van der Waals surface area contributed by atoms with Crippen LogP contribution in [-0.4, -0.2) is 14.7 Å². The molecule has 0 fully saturated rings. The fraction of sp³-hybridized carbons (Fsp3) is 0.357. The molecule has 1 aliphatic rings. The molecular weight excluding hydrogens is 256 g/mol. The van der Waals surface area contributed by atoms with Crippen molar-refractivity contribution >= 4 is 11.4 Å². The predicted octanol–water partition coefficient (Wildman–Crippen LogP) is 2.82. The van der Waals surface area contributed by atoms with Crippen molar-refractivity contribution in [2.24, 2.45) is 7.05 Å². The minimum Gasteiger partial charge on any atom is -0.378 e. The van der Waals surface area contributed by atoms with E-state index in [4.69, 9.17) is 0 Å². The van der Waals surface area contributed by atoms with Gasteiger partial charge in [-0.25, -0.2) is 0 Å². The van der Waals surface area contributed by atoms with E-state index < -0.39 is 0 Å². The van der Waals surface area contributed by atoms with Crippen LogP contribution in [0.4, 0.5) is 11.4 Å². The Kier molecular flexibility index (Phi) is 3.14. The number of nitrogens with one attached hydrogen (secondary N) is 1. The lowest BCUT2D eigenvalue weighted by Crippen LogP contribution is -2.17. The summed E-state index contributed by atoms with van der Waals surface area (Å²) >= 11 is 0. The van der Waals surface area contributed by atoms with E-state index in [0.29, 0.717) is 0 Å². The highest BCUT2D eigenvalue weighted by Crippen LogP contribution is 2.32. The van der Waals surface area contributed by atoms with Gasteiger partial charge in [-0.2, -0.15) is 5.10 Å². The second kappa shape index (κ2) is 4.96. The van der Waals surface area contributed by atoms with Crippen LogP contribution in [0.2, 0.25) is 0 Å². The maximum absolute atomic E-state index is 10.6. The van der Waals surface area contributed by atoms with E-state index in [2.05, 4.69) is 10.4 Å². The Morgan fingerprint density at radius 1 is 1.40 bits per heavy atom. The molecule has 20 heavy (non-hydrogen) atoms. The van der Waals surface area contributed by atoms with Crippen LogP contribution in [0.3, 0.4) is 0 Å². The molecule has 6 heteroatoms. The molecule has 0 amide bonds. The lowest BCUT2D eigenvalue weighted by Gasteiger charge is -2.24. The molecule has 1 aromatic carbocycles. The number of nitro benzene ring substituents is 1. The molecule has 0 bridgehead atoms. The third-order valence-corrected chi connectivity index (χ3v) is 3.79. The van der Waals surface area contributed by atoms with Crippen LogP contribution in [0.15, 0.2) is 30.5 Å². The smallest absolute Gasteiger partial charge is 0.269 e. The van der Waals surface area contributed by atoms with Crippen LogP contribution >= 0.6 is 0 Å². The topological polar surface area (TPSA) is 73.0 Å². The predicted molar refractivity (Wildman–Crippen MR) is 75.6 cm³/mol. The third kappa shape index (κ3) is 2.24. The Morgan fingerprint density at radius 2 is 2.15 bits per heavy atom. The van der Waals surface area contributed by atoms with E-state index in [1.54, 1.807) is 12.1 Å². The van der Waals surface area contributed by atoms with Crippen LogP contribution in [0, 0.1) is 10.1 Å². The van der Waals surface area contributed by atoms with Crippen LogP contribution in [0.1, 0.15) is 30.1 Å². The van der Waals surface area contributed by atoms with Gasteiger partial charge in [0.25, 0.3) is 5.69 Å². The summed E-state index contributed by atoms with van der Waals surface area (Å²) in [6.45, 7) is 0. The summed E-state index contributed by atoms with van der Waals surface area (Å²) in [4.78, 5) is 10.3. The lowest BCUT2D eigenvalue weighted by molar-refractivity contribution is -0.384. The Balaban J connectivity index is 1.80. The number of hydrogen-bond acceptors (Lipinski definition) is 4. The van der Waals surface area contributed by atoms with E-state index >= 15 is 0 Å². The van der Waals surface area contributed by atoms with Crippen molar-refractivity contribution < 1.29 is 4.92 Å². The first-order valence-electron chi connectivity index (χ1n) is 6.67. The van der Waals surface area contributed by atoms with Gasteiger partial charge >= 0.3 is 0 Å². The normalized spacial score (nSPS) is 17.6. The Bertz CT molecular complexity index is 633. The third-order valence-electron chi connectivity index (χ3n) is 3.79. The van der Waals surface area contributed by atoms with Gasteiger partial charge in [0.1, 0.15) is 0 Å². The molecule has 3 rings (SSSR count). The average molecular weight is 272 g/mol. The van der Waals surface area contributed by atoms with Gasteiger partial charge in [-0.1, -0.05) is 0 Å². The SMILES string of the molecule is Cn1ncc2c1CCCC2Nc1ccc([N+](=O)[O-])cc1. The number of aryl methyl sites for hydroxylation is 1. The number of aromatic nitrogens is 2. The molecule has 0 saturated carbocycles. The maximum atomic E-state index is 10.6. The molecule has 0 saturated heterocycles. The molecule has 1 N–H and O–H groups in total. The number of nitro groups is 1.